The lowest BCUT2D eigenvalue weighted by Crippen LogP contribution is -2.14. The Morgan fingerprint density at radius 2 is 2.00 bits per heavy atom. The molecule has 1 saturated carbocycles. The number of allylic oxidation sites excluding steroid dienone is 1. The molecule has 0 aliphatic heterocycles. The van der Waals surface area contributed by atoms with Crippen molar-refractivity contribution in [3.63, 3.8) is 0 Å². The molecule has 0 bridgehead atoms. The Labute approximate surface area is 66.9 Å². The van der Waals surface area contributed by atoms with Crippen LogP contribution in [0.5, 0.6) is 0 Å². The summed E-state index contributed by atoms with van der Waals surface area (Å²) in [5, 5.41) is 9.43. The zero-order chi connectivity index (χ0) is 8.10. The molecular formula is C9H14O2. The molecule has 0 spiro atoms. The monoisotopic (exact) mass is 154 g/mol. The normalized spacial score (nSPS) is 22.6. The summed E-state index contributed by atoms with van der Waals surface area (Å²) in [5.74, 6) is 0.395. The molecule has 0 radical (unpaired) electrons. The van der Waals surface area contributed by atoms with Gasteiger partial charge in [-0.3, -0.25) is 4.79 Å². The maximum Gasteiger partial charge on any atom is 0.142 e. The maximum absolute atomic E-state index is 9.93. The van der Waals surface area contributed by atoms with Crippen molar-refractivity contribution in [2.24, 2.45) is 5.92 Å². The number of hydrogen-bond donors (Lipinski definition) is 1. The molecule has 2 heteroatoms. The van der Waals surface area contributed by atoms with Crippen LogP contribution in [0, 0.1) is 5.92 Å². The van der Waals surface area contributed by atoms with Gasteiger partial charge in [0.1, 0.15) is 6.29 Å². The Morgan fingerprint density at radius 1 is 1.36 bits per heavy atom. The van der Waals surface area contributed by atoms with Gasteiger partial charge in [-0.1, -0.05) is 18.9 Å². The summed E-state index contributed by atoms with van der Waals surface area (Å²) in [6.45, 7) is 0. The Kier molecular flexibility index (Phi) is 3.30. The van der Waals surface area contributed by atoms with E-state index in [0.717, 1.165) is 12.8 Å². The van der Waals surface area contributed by atoms with Gasteiger partial charge in [0.05, 0.1) is 6.10 Å². The van der Waals surface area contributed by atoms with E-state index in [-0.39, 0.29) is 0 Å². The first-order chi connectivity index (χ1) is 5.34. The van der Waals surface area contributed by atoms with Crippen molar-refractivity contribution in [1.29, 1.82) is 0 Å². The fourth-order valence-corrected chi connectivity index (χ4v) is 1.62. The van der Waals surface area contributed by atoms with Crippen molar-refractivity contribution in [2.45, 2.75) is 31.8 Å². The molecular weight excluding hydrogens is 140 g/mol. The summed E-state index contributed by atoms with van der Waals surface area (Å²) in [4.78, 5) is 9.93. The Bertz CT molecular complexity index is 146. The van der Waals surface area contributed by atoms with Gasteiger partial charge in [0.2, 0.25) is 0 Å². The van der Waals surface area contributed by atoms with Crippen LogP contribution in [0.15, 0.2) is 12.2 Å². The number of aliphatic hydroxyl groups excluding tert-OH is 1. The van der Waals surface area contributed by atoms with E-state index in [0.29, 0.717) is 12.2 Å². The molecule has 0 aromatic carbocycles. The van der Waals surface area contributed by atoms with Gasteiger partial charge < -0.3 is 5.11 Å². The fraction of sp³-hybridized carbons (Fsp3) is 0.667. The number of rotatable bonds is 3. The topological polar surface area (TPSA) is 37.3 Å². The average Bonchev–Trinajstić information content (AvgIpc) is 2.52. The lowest BCUT2D eigenvalue weighted by atomic mass is 10.0. The average molecular weight is 154 g/mol. The molecule has 1 aliphatic carbocycles. The van der Waals surface area contributed by atoms with Crippen LogP contribution in [0.3, 0.4) is 0 Å². The van der Waals surface area contributed by atoms with Crippen molar-refractivity contribution in [2.75, 3.05) is 0 Å². The van der Waals surface area contributed by atoms with Crippen LogP contribution in [-0.4, -0.2) is 17.5 Å². The van der Waals surface area contributed by atoms with Gasteiger partial charge in [0.25, 0.3) is 0 Å². The quantitative estimate of drug-likeness (QED) is 0.491. The van der Waals surface area contributed by atoms with Gasteiger partial charge in [-0.15, -0.1) is 0 Å². The summed E-state index contributed by atoms with van der Waals surface area (Å²) in [7, 11) is 0. The van der Waals surface area contributed by atoms with E-state index in [9.17, 15) is 9.90 Å². The van der Waals surface area contributed by atoms with E-state index < -0.39 is 6.10 Å². The van der Waals surface area contributed by atoms with Gasteiger partial charge in [0.15, 0.2) is 0 Å². The molecule has 1 N–H and O–H groups in total. The van der Waals surface area contributed by atoms with Crippen LogP contribution < -0.4 is 0 Å². The minimum absolute atomic E-state index is 0.395. The van der Waals surface area contributed by atoms with Crippen molar-refractivity contribution in [1.82, 2.24) is 0 Å². The highest BCUT2D eigenvalue weighted by Gasteiger charge is 2.20. The smallest absolute Gasteiger partial charge is 0.142 e. The molecule has 0 heterocycles. The predicted molar refractivity (Wildman–Crippen MR) is 43.2 cm³/mol. The van der Waals surface area contributed by atoms with E-state index in [4.69, 9.17) is 0 Å². The molecule has 1 atom stereocenters. The summed E-state index contributed by atoms with van der Waals surface area (Å²) in [5.41, 5.74) is 0. The molecule has 0 amide bonds. The predicted octanol–water partition coefficient (Wildman–Crippen LogP) is 1.29. The lowest BCUT2D eigenvalue weighted by Gasteiger charge is -2.12. The molecule has 2 nitrogen and oxygen atoms in total. The Morgan fingerprint density at radius 3 is 2.55 bits per heavy atom. The molecule has 1 rings (SSSR count). The van der Waals surface area contributed by atoms with Crippen LogP contribution in [-0.2, 0) is 4.79 Å². The first-order valence-electron chi connectivity index (χ1n) is 4.14. The summed E-state index contributed by atoms with van der Waals surface area (Å²) >= 11 is 0. The van der Waals surface area contributed by atoms with E-state index >= 15 is 0 Å². The molecule has 1 fully saturated rings. The molecule has 11 heavy (non-hydrogen) atoms. The van der Waals surface area contributed by atoms with Crippen LogP contribution in [0.4, 0.5) is 0 Å². The maximum atomic E-state index is 9.93. The zero-order valence-corrected chi connectivity index (χ0v) is 6.57. The largest absolute Gasteiger partial charge is 0.389 e. The van der Waals surface area contributed by atoms with Crippen molar-refractivity contribution >= 4 is 6.29 Å². The third-order valence-electron chi connectivity index (χ3n) is 2.27. The zero-order valence-electron chi connectivity index (χ0n) is 6.57. The lowest BCUT2D eigenvalue weighted by molar-refractivity contribution is -0.104. The summed E-state index contributed by atoms with van der Waals surface area (Å²) in [6.07, 6.45) is 7.91. The second-order valence-corrected chi connectivity index (χ2v) is 3.06. The third kappa shape index (κ3) is 2.46. The number of aliphatic hydroxyl groups is 1. The van der Waals surface area contributed by atoms with E-state index in [1.54, 1.807) is 6.08 Å². The first kappa shape index (κ1) is 8.47. The highest BCUT2D eigenvalue weighted by atomic mass is 16.3. The summed E-state index contributed by atoms with van der Waals surface area (Å²) in [6, 6.07) is 0. The van der Waals surface area contributed by atoms with Gasteiger partial charge in [-0.25, -0.2) is 0 Å². The minimum atomic E-state index is -0.400. The minimum Gasteiger partial charge on any atom is -0.389 e. The van der Waals surface area contributed by atoms with Gasteiger partial charge in [-0.05, 0) is 24.8 Å². The van der Waals surface area contributed by atoms with Crippen molar-refractivity contribution in [3.05, 3.63) is 12.2 Å². The fourth-order valence-electron chi connectivity index (χ4n) is 1.62. The first-order valence-corrected chi connectivity index (χ1v) is 4.14. The molecule has 0 aromatic heterocycles. The van der Waals surface area contributed by atoms with E-state index in [1.165, 1.54) is 18.9 Å². The van der Waals surface area contributed by atoms with Gasteiger partial charge in [-0.2, -0.15) is 0 Å². The van der Waals surface area contributed by atoms with E-state index in [2.05, 4.69) is 0 Å². The van der Waals surface area contributed by atoms with Gasteiger partial charge >= 0.3 is 0 Å². The third-order valence-corrected chi connectivity index (χ3v) is 2.27. The molecule has 1 aliphatic rings. The molecule has 62 valence electrons. The SMILES string of the molecule is O=C/C=C/C(O)C1CCCC1. The standard InChI is InChI=1S/C9H14O2/c10-7-3-6-9(11)8-4-1-2-5-8/h3,6-9,11H,1-2,4-5H2/b6-3+. The van der Waals surface area contributed by atoms with Crippen LogP contribution >= 0.6 is 0 Å². The highest BCUT2D eigenvalue weighted by molar-refractivity contribution is 5.64. The van der Waals surface area contributed by atoms with Crippen LogP contribution in [0.1, 0.15) is 25.7 Å². The Hall–Kier alpha value is -0.630. The van der Waals surface area contributed by atoms with Crippen LogP contribution in [0.25, 0.3) is 0 Å². The second-order valence-electron chi connectivity index (χ2n) is 3.06. The molecule has 0 aromatic rings. The Balaban J connectivity index is 2.33. The van der Waals surface area contributed by atoms with Crippen molar-refractivity contribution in [3.8, 4) is 0 Å². The van der Waals surface area contributed by atoms with Crippen LogP contribution in [0.2, 0.25) is 0 Å². The molecule has 1 unspecified atom stereocenters. The number of aldehydes is 1. The second kappa shape index (κ2) is 4.29. The van der Waals surface area contributed by atoms with Gasteiger partial charge in [0, 0.05) is 0 Å². The highest BCUT2D eigenvalue weighted by Crippen LogP contribution is 2.27. The summed E-state index contributed by atoms with van der Waals surface area (Å²) < 4.78 is 0. The number of hydrogen-bond acceptors (Lipinski definition) is 2. The number of carbonyl (C=O) groups excluding carboxylic acids is 1. The number of carbonyl (C=O) groups is 1. The molecule has 0 saturated heterocycles. The van der Waals surface area contributed by atoms with E-state index in [1.807, 2.05) is 0 Å². The van der Waals surface area contributed by atoms with Crippen molar-refractivity contribution < 1.29 is 9.90 Å².